The van der Waals surface area contributed by atoms with Crippen molar-refractivity contribution in [1.29, 1.82) is 0 Å². The van der Waals surface area contributed by atoms with Gasteiger partial charge in [-0.05, 0) is 13.3 Å². The smallest absolute Gasteiger partial charge is 0.315 e. The van der Waals surface area contributed by atoms with Gasteiger partial charge in [0.25, 0.3) is 0 Å². The number of carboxylic acid groups (broad SMARTS) is 1. The van der Waals surface area contributed by atoms with Gasteiger partial charge in [-0.15, -0.1) is 0 Å². The molecule has 0 bridgehead atoms. The molecule has 0 saturated heterocycles. The van der Waals surface area contributed by atoms with Crippen molar-refractivity contribution in [2.24, 2.45) is 5.92 Å². The van der Waals surface area contributed by atoms with Gasteiger partial charge in [-0.25, -0.2) is 0 Å². The van der Waals surface area contributed by atoms with Gasteiger partial charge < -0.3 is 5.11 Å². The first-order valence-electron chi connectivity index (χ1n) is 4.92. The van der Waals surface area contributed by atoms with Gasteiger partial charge in [0.05, 0.1) is 0 Å². The fourth-order valence-electron chi connectivity index (χ4n) is 1.38. The minimum absolute atomic E-state index is 0.311. The van der Waals surface area contributed by atoms with Gasteiger partial charge in [0.2, 0.25) is 0 Å². The number of carbonyl (C=O) groups is 2. The van der Waals surface area contributed by atoms with Crippen LogP contribution in [0, 0.1) is 5.92 Å². The average Bonchev–Trinajstić information content (AvgIpc) is 2.03. The third-order valence-corrected chi connectivity index (χ3v) is 2.75. The molecule has 0 aromatic rings. The molecule has 0 radical (unpaired) electrons. The van der Waals surface area contributed by atoms with E-state index in [2.05, 4.69) is 19.6 Å². The Morgan fingerprint density at radius 1 is 1.36 bits per heavy atom. The molecule has 0 saturated carbocycles. The Labute approximate surface area is 90.3 Å². The zero-order valence-corrected chi connectivity index (χ0v) is 9.59. The number of thiol groups is 1. The molecule has 0 spiro atoms. The van der Waals surface area contributed by atoms with Crippen LogP contribution in [0.2, 0.25) is 0 Å². The number of Topliss-reactive ketones (excluding diaryl/α,β-unsaturated/α-hetero) is 1. The Morgan fingerprint density at radius 3 is 2.29 bits per heavy atom. The molecule has 0 heterocycles. The van der Waals surface area contributed by atoms with Gasteiger partial charge in [-0.1, -0.05) is 26.2 Å². The van der Waals surface area contributed by atoms with Crippen molar-refractivity contribution in [3.8, 4) is 0 Å². The lowest BCUT2D eigenvalue weighted by Crippen LogP contribution is -2.30. The Bertz CT molecular complexity index is 190. The lowest BCUT2D eigenvalue weighted by atomic mass is 9.97. The van der Waals surface area contributed by atoms with Gasteiger partial charge in [-0.2, -0.15) is 12.6 Å². The minimum atomic E-state index is -1.06. The van der Waals surface area contributed by atoms with Crippen LogP contribution < -0.4 is 0 Å². The molecule has 0 aromatic carbocycles. The van der Waals surface area contributed by atoms with E-state index in [0.717, 1.165) is 19.3 Å². The van der Waals surface area contributed by atoms with Gasteiger partial charge in [0.1, 0.15) is 11.7 Å². The largest absolute Gasteiger partial charge is 0.481 e. The van der Waals surface area contributed by atoms with E-state index in [0.29, 0.717) is 6.42 Å². The maximum atomic E-state index is 11.0. The number of unbranched alkanes of at least 4 members (excludes halogenated alkanes) is 2. The first-order valence-corrected chi connectivity index (χ1v) is 5.43. The highest BCUT2D eigenvalue weighted by Crippen LogP contribution is 2.18. The number of hydrogen-bond donors (Lipinski definition) is 2. The summed E-state index contributed by atoms with van der Waals surface area (Å²) in [6, 6.07) is 0. The lowest BCUT2D eigenvalue weighted by molar-refractivity contribution is -0.145. The van der Waals surface area contributed by atoms with Crippen molar-refractivity contribution in [3.05, 3.63) is 0 Å². The number of hydrogen-bond acceptors (Lipinski definition) is 3. The monoisotopic (exact) mass is 218 g/mol. The van der Waals surface area contributed by atoms with Crippen LogP contribution >= 0.6 is 12.6 Å². The molecular formula is C10H18O3S. The van der Waals surface area contributed by atoms with Crippen molar-refractivity contribution in [3.63, 3.8) is 0 Å². The predicted octanol–water partition coefficient (Wildman–Crippen LogP) is 2.15. The number of aliphatic carboxylic acids is 1. The van der Waals surface area contributed by atoms with Gasteiger partial charge in [0.15, 0.2) is 0 Å². The molecule has 0 rings (SSSR count). The van der Waals surface area contributed by atoms with Crippen molar-refractivity contribution in [2.75, 3.05) is 0 Å². The molecular weight excluding hydrogens is 200 g/mol. The second kappa shape index (κ2) is 6.87. The maximum Gasteiger partial charge on any atom is 0.315 e. The highest BCUT2D eigenvalue weighted by atomic mass is 32.1. The van der Waals surface area contributed by atoms with Crippen LogP contribution in [-0.2, 0) is 9.59 Å². The number of ketones is 1. The van der Waals surface area contributed by atoms with Crippen molar-refractivity contribution < 1.29 is 14.7 Å². The van der Waals surface area contributed by atoms with Crippen molar-refractivity contribution >= 4 is 24.4 Å². The molecule has 0 aromatic heterocycles. The third kappa shape index (κ3) is 4.65. The van der Waals surface area contributed by atoms with E-state index in [1.807, 2.05) is 0 Å². The summed E-state index contributed by atoms with van der Waals surface area (Å²) >= 11 is 4.17. The number of carbonyl (C=O) groups excluding carboxylic acids is 1. The van der Waals surface area contributed by atoms with E-state index in [-0.39, 0.29) is 11.0 Å². The van der Waals surface area contributed by atoms with E-state index in [1.165, 1.54) is 6.92 Å². The Kier molecular flexibility index (Phi) is 6.62. The van der Waals surface area contributed by atoms with E-state index < -0.39 is 11.9 Å². The molecule has 0 fully saturated rings. The minimum Gasteiger partial charge on any atom is -0.481 e. The van der Waals surface area contributed by atoms with Crippen LogP contribution in [0.15, 0.2) is 0 Å². The van der Waals surface area contributed by atoms with E-state index >= 15 is 0 Å². The Balaban J connectivity index is 4.09. The third-order valence-electron chi connectivity index (χ3n) is 2.19. The molecule has 4 heteroatoms. The van der Waals surface area contributed by atoms with Crippen molar-refractivity contribution in [2.45, 2.75) is 44.8 Å². The predicted molar refractivity (Wildman–Crippen MR) is 58.7 cm³/mol. The normalized spacial score (nSPS) is 14.8. The quantitative estimate of drug-likeness (QED) is 0.391. The molecule has 0 aliphatic carbocycles. The molecule has 2 unspecified atom stereocenters. The zero-order chi connectivity index (χ0) is 11.1. The number of rotatable bonds is 7. The molecule has 2 atom stereocenters. The summed E-state index contributed by atoms with van der Waals surface area (Å²) in [5.74, 6) is -2.32. The van der Waals surface area contributed by atoms with Crippen LogP contribution in [0.5, 0.6) is 0 Å². The summed E-state index contributed by atoms with van der Waals surface area (Å²) in [5, 5.41) is 8.45. The molecule has 82 valence electrons. The Hall–Kier alpha value is -0.510. The van der Waals surface area contributed by atoms with Gasteiger partial charge in [-0.3, -0.25) is 9.59 Å². The van der Waals surface area contributed by atoms with Crippen LogP contribution in [0.3, 0.4) is 0 Å². The van der Waals surface area contributed by atoms with Crippen molar-refractivity contribution in [1.82, 2.24) is 0 Å². The topological polar surface area (TPSA) is 54.4 Å². The average molecular weight is 218 g/mol. The molecule has 14 heavy (non-hydrogen) atoms. The highest BCUT2D eigenvalue weighted by molar-refractivity contribution is 7.81. The standard InChI is InChI=1S/C10H18O3S/c1-3-4-5-6-8(14)9(7(2)11)10(12)13/h8-9,14H,3-6H2,1-2H3,(H,12,13). The first kappa shape index (κ1) is 13.5. The maximum absolute atomic E-state index is 11.0. The van der Waals surface area contributed by atoms with Gasteiger partial charge >= 0.3 is 5.97 Å². The first-order chi connectivity index (χ1) is 6.50. The summed E-state index contributed by atoms with van der Waals surface area (Å²) in [6.45, 7) is 3.38. The molecule has 0 amide bonds. The van der Waals surface area contributed by atoms with Crippen LogP contribution in [0.25, 0.3) is 0 Å². The second-order valence-corrected chi connectivity index (χ2v) is 4.15. The summed E-state index contributed by atoms with van der Waals surface area (Å²) < 4.78 is 0. The fourth-order valence-corrected chi connectivity index (χ4v) is 1.90. The highest BCUT2D eigenvalue weighted by Gasteiger charge is 2.29. The van der Waals surface area contributed by atoms with Gasteiger partial charge in [0, 0.05) is 5.25 Å². The SMILES string of the molecule is CCCCCC(S)C(C(C)=O)C(=O)O. The second-order valence-electron chi connectivity index (χ2n) is 3.49. The number of carboxylic acids is 1. The Morgan fingerprint density at radius 2 is 1.93 bits per heavy atom. The molecule has 0 aliphatic heterocycles. The summed E-state index contributed by atoms with van der Waals surface area (Å²) in [5.41, 5.74) is 0. The molecule has 1 N–H and O–H groups in total. The summed E-state index contributed by atoms with van der Waals surface area (Å²) in [7, 11) is 0. The summed E-state index contributed by atoms with van der Waals surface area (Å²) in [6.07, 6.45) is 3.76. The lowest BCUT2D eigenvalue weighted by Gasteiger charge is -2.16. The fraction of sp³-hybridized carbons (Fsp3) is 0.800. The van der Waals surface area contributed by atoms with E-state index in [4.69, 9.17) is 5.11 Å². The zero-order valence-electron chi connectivity index (χ0n) is 8.69. The van der Waals surface area contributed by atoms with Crippen LogP contribution in [0.4, 0.5) is 0 Å². The van der Waals surface area contributed by atoms with E-state index in [1.54, 1.807) is 0 Å². The van der Waals surface area contributed by atoms with Crippen LogP contribution in [0.1, 0.15) is 39.5 Å². The molecule has 3 nitrogen and oxygen atoms in total. The summed E-state index contributed by atoms with van der Waals surface area (Å²) in [4.78, 5) is 21.8. The molecule has 0 aliphatic rings. The van der Waals surface area contributed by atoms with Crippen LogP contribution in [-0.4, -0.2) is 22.1 Å². The van der Waals surface area contributed by atoms with E-state index in [9.17, 15) is 9.59 Å².